The second kappa shape index (κ2) is 12.3. The highest BCUT2D eigenvalue weighted by atomic mass is 32.1. The van der Waals surface area contributed by atoms with Gasteiger partial charge in [-0.25, -0.2) is 0 Å². The molecule has 0 aliphatic carbocycles. The van der Waals surface area contributed by atoms with Gasteiger partial charge in [-0.2, -0.15) is 0 Å². The smallest absolute Gasteiger partial charge is 0.0534 e. The average molecular weight is 769 g/mol. The first kappa shape index (κ1) is 32.3. The number of thiophene rings is 2. The monoisotopic (exact) mass is 768 g/mol. The number of hydrogen-bond acceptors (Lipinski definition) is 2. The van der Waals surface area contributed by atoms with Crippen LogP contribution in [-0.4, -0.2) is 0 Å². The molecule has 13 rings (SSSR count). The van der Waals surface area contributed by atoms with Crippen molar-refractivity contribution in [1.29, 1.82) is 0 Å². The summed E-state index contributed by atoms with van der Waals surface area (Å²) in [5.74, 6) is 0. The highest BCUT2D eigenvalue weighted by Crippen LogP contribution is 2.49. The molecule has 0 saturated carbocycles. The third-order valence-electron chi connectivity index (χ3n) is 12.4. The number of benzene rings is 11. The lowest BCUT2D eigenvalue weighted by Gasteiger charge is -2.18. The Morgan fingerprint density at radius 2 is 0.672 bits per heavy atom. The van der Waals surface area contributed by atoms with Crippen molar-refractivity contribution in [1.82, 2.24) is 0 Å². The van der Waals surface area contributed by atoms with E-state index < -0.39 is 0 Å². The molecule has 0 saturated heterocycles. The molecule has 268 valence electrons. The van der Waals surface area contributed by atoms with E-state index >= 15 is 0 Å². The van der Waals surface area contributed by atoms with Gasteiger partial charge >= 0.3 is 0 Å². The zero-order chi connectivity index (χ0) is 37.9. The van der Waals surface area contributed by atoms with E-state index in [1.165, 1.54) is 128 Å². The van der Waals surface area contributed by atoms with Gasteiger partial charge in [-0.05, 0) is 112 Å². The van der Waals surface area contributed by atoms with Gasteiger partial charge in [0.15, 0.2) is 0 Å². The predicted octanol–water partition coefficient (Wildman–Crippen LogP) is 17.2. The van der Waals surface area contributed by atoms with Gasteiger partial charge in [0.1, 0.15) is 0 Å². The Morgan fingerprint density at radius 3 is 1.33 bits per heavy atom. The summed E-state index contributed by atoms with van der Waals surface area (Å²) in [4.78, 5) is 0. The molecule has 13 aromatic rings. The van der Waals surface area contributed by atoms with Gasteiger partial charge in [-0.1, -0.05) is 164 Å². The first-order valence-electron chi connectivity index (χ1n) is 19.9. The fourth-order valence-electron chi connectivity index (χ4n) is 9.74. The Kier molecular flexibility index (Phi) is 6.86. The topological polar surface area (TPSA) is 0 Å². The van der Waals surface area contributed by atoms with Crippen LogP contribution >= 0.6 is 22.7 Å². The van der Waals surface area contributed by atoms with E-state index in [1.807, 2.05) is 22.7 Å². The highest BCUT2D eigenvalue weighted by Gasteiger charge is 2.19. The molecular formula is C56H32S2. The molecule has 0 aliphatic rings. The number of rotatable bonds is 3. The van der Waals surface area contributed by atoms with Crippen LogP contribution in [0.1, 0.15) is 0 Å². The Bertz CT molecular complexity index is 3800. The van der Waals surface area contributed by atoms with Gasteiger partial charge in [0.05, 0.1) is 9.40 Å². The second-order valence-corrected chi connectivity index (χ2v) is 17.6. The van der Waals surface area contributed by atoms with Crippen molar-refractivity contribution in [2.45, 2.75) is 0 Å². The van der Waals surface area contributed by atoms with E-state index in [4.69, 9.17) is 0 Å². The quantitative estimate of drug-likeness (QED) is 0.157. The number of hydrogen-bond donors (Lipinski definition) is 0. The van der Waals surface area contributed by atoms with Gasteiger partial charge in [-0.3, -0.25) is 0 Å². The van der Waals surface area contributed by atoms with Crippen molar-refractivity contribution in [2.75, 3.05) is 0 Å². The van der Waals surface area contributed by atoms with E-state index in [0.717, 1.165) is 0 Å². The standard InChI is InChI=1S/C56H32S2/c1-2-12-34-30-38(25-21-33(34)11-1)52-42-15-4-6-17-44(42)53(45-18-7-5-16-43(45)52)39-26-23-35-29-37(24-22-36(35)31-39)49-32-50-48-28-27-47-41-14-9-10-20-51(41)57-55(47)56(48)58-54(50)46-19-8-3-13-40(46)49/h1-32H. The lowest BCUT2D eigenvalue weighted by molar-refractivity contribution is 1.67. The molecule has 11 aromatic carbocycles. The normalized spacial score (nSPS) is 12.1. The molecule has 0 radical (unpaired) electrons. The second-order valence-electron chi connectivity index (χ2n) is 15.5. The van der Waals surface area contributed by atoms with Crippen molar-refractivity contribution >= 4 is 117 Å². The fourth-order valence-corrected chi connectivity index (χ4v) is 12.4. The maximum atomic E-state index is 2.46. The van der Waals surface area contributed by atoms with Gasteiger partial charge in [0, 0.05) is 36.3 Å². The summed E-state index contributed by atoms with van der Waals surface area (Å²) >= 11 is 3.88. The van der Waals surface area contributed by atoms with Crippen LogP contribution in [-0.2, 0) is 0 Å². The summed E-state index contributed by atoms with van der Waals surface area (Å²) in [7, 11) is 0. The third kappa shape index (κ3) is 4.68. The first-order valence-corrected chi connectivity index (χ1v) is 21.5. The Morgan fingerprint density at radius 1 is 0.241 bits per heavy atom. The summed E-state index contributed by atoms with van der Waals surface area (Å²) in [6.07, 6.45) is 0. The molecule has 58 heavy (non-hydrogen) atoms. The minimum absolute atomic E-state index is 1.24. The molecule has 0 fully saturated rings. The van der Waals surface area contributed by atoms with Crippen LogP contribution in [0.25, 0.3) is 128 Å². The molecule has 0 amide bonds. The van der Waals surface area contributed by atoms with Gasteiger partial charge in [0.2, 0.25) is 0 Å². The Balaban J connectivity index is 0.982. The van der Waals surface area contributed by atoms with Gasteiger partial charge in [-0.15, -0.1) is 22.7 Å². The number of fused-ring (bicyclic) bond motifs is 13. The van der Waals surface area contributed by atoms with Crippen molar-refractivity contribution in [3.05, 3.63) is 194 Å². The van der Waals surface area contributed by atoms with E-state index in [0.29, 0.717) is 0 Å². The molecule has 0 aliphatic heterocycles. The maximum Gasteiger partial charge on any atom is 0.0534 e. The van der Waals surface area contributed by atoms with Crippen LogP contribution in [0.2, 0.25) is 0 Å². The van der Waals surface area contributed by atoms with Crippen molar-refractivity contribution in [2.24, 2.45) is 0 Å². The molecule has 0 spiro atoms. The van der Waals surface area contributed by atoms with Gasteiger partial charge < -0.3 is 0 Å². The Hall–Kier alpha value is -6.84. The third-order valence-corrected chi connectivity index (χ3v) is 15.0. The molecule has 0 N–H and O–H groups in total. The van der Waals surface area contributed by atoms with E-state index in [1.54, 1.807) is 0 Å². The predicted molar refractivity (Wildman–Crippen MR) is 256 cm³/mol. The average Bonchev–Trinajstić information content (AvgIpc) is 3.86. The van der Waals surface area contributed by atoms with Crippen LogP contribution in [0, 0.1) is 0 Å². The Labute approximate surface area is 342 Å². The molecule has 0 unspecified atom stereocenters. The lowest BCUT2D eigenvalue weighted by atomic mass is 9.85. The van der Waals surface area contributed by atoms with Crippen LogP contribution in [0.15, 0.2) is 194 Å². The van der Waals surface area contributed by atoms with Crippen molar-refractivity contribution < 1.29 is 0 Å². The van der Waals surface area contributed by atoms with Crippen LogP contribution < -0.4 is 0 Å². The summed E-state index contributed by atoms with van der Waals surface area (Å²) in [6, 6.07) is 72.5. The minimum Gasteiger partial charge on any atom is -0.134 e. The largest absolute Gasteiger partial charge is 0.134 e. The maximum absolute atomic E-state index is 2.46. The van der Waals surface area contributed by atoms with Gasteiger partial charge in [0.25, 0.3) is 0 Å². The van der Waals surface area contributed by atoms with Crippen LogP contribution in [0.5, 0.6) is 0 Å². The molecule has 2 heterocycles. The van der Waals surface area contributed by atoms with E-state index in [-0.39, 0.29) is 0 Å². The van der Waals surface area contributed by atoms with Crippen molar-refractivity contribution in [3.63, 3.8) is 0 Å². The fraction of sp³-hybridized carbons (Fsp3) is 0. The first-order chi connectivity index (χ1) is 28.7. The van der Waals surface area contributed by atoms with E-state index in [9.17, 15) is 0 Å². The lowest BCUT2D eigenvalue weighted by Crippen LogP contribution is -1.91. The molecule has 0 atom stereocenters. The minimum atomic E-state index is 1.24. The zero-order valence-corrected chi connectivity index (χ0v) is 32.9. The molecule has 0 nitrogen and oxygen atoms in total. The molecule has 2 aromatic heterocycles. The zero-order valence-electron chi connectivity index (χ0n) is 31.3. The van der Waals surface area contributed by atoms with Crippen LogP contribution in [0.3, 0.4) is 0 Å². The molecule has 2 heteroatoms. The summed E-state index contributed by atoms with van der Waals surface area (Å²) in [5.41, 5.74) is 7.60. The molecular weight excluding hydrogens is 737 g/mol. The van der Waals surface area contributed by atoms with Crippen LogP contribution in [0.4, 0.5) is 0 Å². The molecule has 0 bridgehead atoms. The van der Waals surface area contributed by atoms with Crippen molar-refractivity contribution in [3.8, 4) is 33.4 Å². The summed E-state index contributed by atoms with van der Waals surface area (Å²) < 4.78 is 5.52. The SMILES string of the molecule is c1ccc2cc(-c3c4ccccc4c(-c4ccc5cc(-c6cc7c8ccc9c%10ccccc%10sc9c8sc7c7ccccc67)ccc5c4)c4ccccc34)ccc2c1. The summed E-state index contributed by atoms with van der Waals surface area (Å²) in [6.45, 7) is 0. The summed E-state index contributed by atoms with van der Waals surface area (Å²) in [5, 5.41) is 18.1. The highest BCUT2D eigenvalue weighted by molar-refractivity contribution is 7.34. The van der Waals surface area contributed by atoms with E-state index in [2.05, 4.69) is 194 Å².